The van der Waals surface area contributed by atoms with Gasteiger partial charge >= 0.3 is 0 Å². The molecule has 0 atom stereocenters. The van der Waals surface area contributed by atoms with E-state index in [9.17, 15) is 13.2 Å². The molecule has 1 heterocycles. The molecule has 8 heteroatoms. The van der Waals surface area contributed by atoms with Gasteiger partial charge in [-0.15, -0.1) is 0 Å². The van der Waals surface area contributed by atoms with Crippen LogP contribution in [-0.2, 0) is 16.4 Å². The number of nitriles is 1. The molecule has 0 bridgehead atoms. The molecule has 2 aromatic rings. The minimum Gasteiger partial charge on any atom is -0.371 e. The summed E-state index contributed by atoms with van der Waals surface area (Å²) in [6, 6.07) is 14.0. The van der Waals surface area contributed by atoms with Gasteiger partial charge in [0.2, 0.25) is 10.0 Å². The lowest BCUT2D eigenvalue weighted by molar-refractivity contribution is 0.102. The van der Waals surface area contributed by atoms with Gasteiger partial charge in [-0.05, 0) is 48.7 Å². The average molecular weight is 441 g/mol. The monoisotopic (exact) mass is 440 g/mol. The van der Waals surface area contributed by atoms with Crippen LogP contribution in [0.25, 0.3) is 0 Å². The smallest absolute Gasteiger partial charge is 0.257 e. The second-order valence-electron chi connectivity index (χ2n) is 7.45. The fourth-order valence-corrected chi connectivity index (χ4v) is 5.28. The highest BCUT2D eigenvalue weighted by Crippen LogP contribution is 2.29. The summed E-state index contributed by atoms with van der Waals surface area (Å²) in [6.45, 7) is 6.00. The van der Waals surface area contributed by atoms with Crippen molar-refractivity contribution in [2.45, 2.75) is 38.0 Å². The van der Waals surface area contributed by atoms with Gasteiger partial charge in [0.05, 0.1) is 22.9 Å². The molecule has 1 N–H and O–H groups in total. The first-order chi connectivity index (χ1) is 14.9. The van der Waals surface area contributed by atoms with E-state index in [0.717, 1.165) is 37.2 Å². The Morgan fingerprint density at radius 2 is 1.74 bits per heavy atom. The number of anilines is 2. The Morgan fingerprint density at radius 1 is 1.10 bits per heavy atom. The topological polar surface area (TPSA) is 93.5 Å². The van der Waals surface area contributed by atoms with E-state index in [2.05, 4.69) is 16.3 Å². The number of carbonyl (C=O) groups is 1. The number of amides is 1. The van der Waals surface area contributed by atoms with Crippen LogP contribution in [0.3, 0.4) is 0 Å². The van der Waals surface area contributed by atoms with Crippen molar-refractivity contribution in [3.63, 3.8) is 0 Å². The van der Waals surface area contributed by atoms with Gasteiger partial charge in [-0.25, -0.2) is 8.42 Å². The second-order valence-corrected chi connectivity index (χ2v) is 9.39. The summed E-state index contributed by atoms with van der Waals surface area (Å²) in [6.07, 6.45) is 2.39. The summed E-state index contributed by atoms with van der Waals surface area (Å²) < 4.78 is 27.4. The summed E-state index contributed by atoms with van der Waals surface area (Å²) in [7, 11) is -3.68. The van der Waals surface area contributed by atoms with Crippen molar-refractivity contribution >= 4 is 27.3 Å². The van der Waals surface area contributed by atoms with Crippen LogP contribution < -0.4 is 10.2 Å². The fraction of sp³-hybridized carbons (Fsp3) is 0.391. The number of nitrogens with zero attached hydrogens (tertiary/aromatic N) is 3. The molecule has 0 radical (unpaired) electrons. The Bertz CT molecular complexity index is 1060. The van der Waals surface area contributed by atoms with E-state index in [1.807, 2.05) is 0 Å². The number of nitrogens with one attached hydrogen (secondary N) is 1. The Labute approximate surface area is 184 Å². The predicted molar refractivity (Wildman–Crippen MR) is 122 cm³/mol. The molecule has 1 aliphatic heterocycles. The van der Waals surface area contributed by atoms with Crippen molar-refractivity contribution in [2.24, 2.45) is 0 Å². The maximum Gasteiger partial charge on any atom is 0.257 e. The Hall–Kier alpha value is -2.89. The molecule has 0 aromatic heterocycles. The van der Waals surface area contributed by atoms with Gasteiger partial charge in [-0.1, -0.05) is 26.0 Å². The fourth-order valence-electron chi connectivity index (χ4n) is 3.80. The minimum atomic E-state index is -3.68. The molecule has 1 amide bonds. The highest BCUT2D eigenvalue weighted by molar-refractivity contribution is 7.89. The molecule has 7 nitrogen and oxygen atoms in total. The van der Waals surface area contributed by atoms with Crippen LogP contribution in [0, 0.1) is 11.3 Å². The van der Waals surface area contributed by atoms with E-state index >= 15 is 0 Å². The minimum absolute atomic E-state index is 0.119. The van der Waals surface area contributed by atoms with Gasteiger partial charge in [0, 0.05) is 37.6 Å². The molecule has 164 valence electrons. The van der Waals surface area contributed by atoms with Crippen LogP contribution in [0.2, 0.25) is 0 Å². The SMILES string of the molecule is CCN(CC)S(=O)(=O)c1ccc(N2CCCC2)c(C(=O)Nc2ccc(CC#N)cc2)c1. The average Bonchev–Trinajstić information content (AvgIpc) is 3.30. The number of benzene rings is 2. The molecule has 0 spiro atoms. The summed E-state index contributed by atoms with van der Waals surface area (Å²) in [5, 5.41) is 11.7. The van der Waals surface area contributed by atoms with Gasteiger partial charge in [-0.2, -0.15) is 9.57 Å². The molecule has 0 unspecified atom stereocenters. The van der Waals surface area contributed by atoms with Crippen LogP contribution in [0.1, 0.15) is 42.6 Å². The standard InChI is InChI=1S/C23H28N4O3S/c1-3-27(4-2)31(29,30)20-11-12-22(26-15-5-6-16-26)21(17-20)23(28)25-19-9-7-18(8-10-19)13-14-24/h7-12,17H,3-6,13,15-16H2,1-2H3,(H,25,28). The lowest BCUT2D eigenvalue weighted by atomic mass is 10.1. The molecule has 1 fully saturated rings. The van der Waals surface area contributed by atoms with Crippen molar-refractivity contribution < 1.29 is 13.2 Å². The Kier molecular flexibility index (Phi) is 7.31. The van der Waals surface area contributed by atoms with Gasteiger partial charge in [-0.3, -0.25) is 4.79 Å². The third-order valence-corrected chi connectivity index (χ3v) is 7.54. The second kappa shape index (κ2) is 9.94. The maximum atomic E-state index is 13.2. The summed E-state index contributed by atoms with van der Waals surface area (Å²) in [4.78, 5) is 15.4. The third kappa shape index (κ3) is 5.06. The maximum absolute atomic E-state index is 13.2. The lowest BCUT2D eigenvalue weighted by Crippen LogP contribution is -2.31. The van der Waals surface area contributed by atoms with Gasteiger partial charge in [0.25, 0.3) is 5.91 Å². The molecule has 0 aliphatic carbocycles. The van der Waals surface area contributed by atoms with Gasteiger partial charge in [0.1, 0.15) is 0 Å². The molecule has 2 aromatic carbocycles. The van der Waals surface area contributed by atoms with E-state index in [1.165, 1.54) is 10.4 Å². The van der Waals surface area contributed by atoms with Crippen LogP contribution in [0.15, 0.2) is 47.4 Å². The first kappa shape index (κ1) is 22.8. The van der Waals surface area contributed by atoms with E-state index in [1.54, 1.807) is 50.2 Å². The van der Waals surface area contributed by atoms with Crippen molar-refractivity contribution in [3.05, 3.63) is 53.6 Å². The zero-order valence-electron chi connectivity index (χ0n) is 18.0. The highest BCUT2D eigenvalue weighted by Gasteiger charge is 2.26. The van der Waals surface area contributed by atoms with Crippen LogP contribution >= 0.6 is 0 Å². The van der Waals surface area contributed by atoms with Crippen LogP contribution in [0.5, 0.6) is 0 Å². The zero-order chi connectivity index (χ0) is 22.4. The van der Waals surface area contributed by atoms with E-state index in [4.69, 9.17) is 5.26 Å². The van der Waals surface area contributed by atoms with Crippen LogP contribution in [0.4, 0.5) is 11.4 Å². The van der Waals surface area contributed by atoms with Gasteiger partial charge < -0.3 is 10.2 Å². The van der Waals surface area contributed by atoms with Crippen molar-refractivity contribution in [1.82, 2.24) is 4.31 Å². The Morgan fingerprint density at radius 3 is 2.32 bits per heavy atom. The molecule has 3 rings (SSSR count). The van der Waals surface area contributed by atoms with Gasteiger partial charge in [0.15, 0.2) is 0 Å². The lowest BCUT2D eigenvalue weighted by Gasteiger charge is -2.23. The number of hydrogen-bond acceptors (Lipinski definition) is 5. The number of carbonyl (C=O) groups excluding carboxylic acids is 1. The van der Waals surface area contributed by atoms with Crippen molar-refractivity contribution in [2.75, 3.05) is 36.4 Å². The molecule has 1 aliphatic rings. The molecule has 0 saturated carbocycles. The van der Waals surface area contributed by atoms with E-state index in [-0.39, 0.29) is 10.8 Å². The van der Waals surface area contributed by atoms with E-state index in [0.29, 0.717) is 30.8 Å². The van der Waals surface area contributed by atoms with Crippen molar-refractivity contribution in [1.29, 1.82) is 5.26 Å². The van der Waals surface area contributed by atoms with Crippen LogP contribution in [-0.4, -0.2) is 44.8 Å². The molecule has 1 saturated heterocycles. The number of rotatable bonds is 8. The van der Waals surface area contributed by atoms with Crippen molar-refractivity contribution in [3.8, 4) is 6.07 Å². The quantitative estimate of drug-likeness (QED) is 0.676. The summed E-state index contributed by atoms with van der Waals surface area (Å²) >= 11 is 0. The first-order valence-corrected chi connectivity index (χ1v) is 12.0. The summed E-state index contributed by atoms with van der Waals surface area (Å²) in [5.41, 5.74) is 2.55. The molecular weight excluding hydrogens is 412 g/mol. The normalized spacial score (nSPS) is 13.9. The Balaban J connectivity index is 1.96. The predicted octanol–water partition coefficient (Wildman–Crippen LogP) is 3.64. The number of sulfonamides is 1. The number of hydrogen-bond donors (Lipinski definition) is 1. The zero-order valence-corrected chi connectivity index (χ0v) is 18.8. The third-order valence-electron chi connectivity index (χ3n) is 5.50. The summed E-state index contributed by atoms with van der Waals surface area (Å²) in [5.74, 6) is -0.355. The molecule has 31 heavy (non-hydrogen) atoms. The molecular formula is C23H28N4O3S. The first-order valence-electron chi connectivity index (χ1n) is 10.6. The highest BCUT2D eigenvalue weighted by atomic mass is 32.2. The van der Waals surface area contributed by atoms with E-state index < -0.39 is 10.0 Å². The largest absolute Gasteiger partial charge is 0.371 e.